The van der Waals surface area contributed by atoms with Crippen molar-refractivity contribution >= 4 is 51.0 Å². The average Bonchev–Trinajstić information content (AvgIpc) is 3.18. The van der Waals surface area contributed by atoms with Gasteiger partial charge < -0.3 is 47.7 Å². The van der Waals surface area contributed by atoms with E-state index in [-0.39, 0.29) is 11.2 Å². The second-order valence-electron chi connectivity index (χ2n) is 12.0. The Balaban J connectivity index is 0.000000367. The van der Waals surface area contributed by atoms with Gasteiger partial charge in [0, 0.05) is 28.4 Å². The second-order valence-corrected chi connectivity index (χ2v) is 16.5. The highest BCUT2D eigenvalue weighted by molar-refractivity contribution is 7.62. The van der Waals surface area contributed by atoms with Gasteiger partial charge in [0.25, 0.3) is 0 Å². The SMILES string of the molecule is CC(C)(O)C(C)(C)O.COP(=O)(OC)c1ccc(B(O)O)cc1.COP(=O)(OC)c1ccc(B2OC(C)(C)C(C)(C)O2)cc1. The third-order valence-corrected chi connectivity index (χ3v) is 11.5. The van der Waals surface area contributed by atoms with Gasteiger partial charge in [-0.05, 0) is 90.6 Å². The van der Waals surface area contributed by atoms with Gasteiger partial charge in [0.1, 0.15) is 0 Å². The predicted octanol–water partition coefficient (Wildman–Crippen LogP) is 2.10. The largest absolute Gasteiger partial charge is 0.494 e. The van der Waals surface area contributed by atoms with Crippen LogP contribution in [0, 0.1) is 0 Å². The topological polar surface area (TPSA) is 170 Å². The van der Waals surface area contributed by atoms with E-state index in [2.05, 4.69) is 0 Å². The molecular formula is C28H48B2O12P2. The fourth-order valence-corrected chi connectivity index (χ4v) is 5.36. The zero-order valence-electron chi connectivity index (χ0n) is 27.7. The summed E-state index contributed by atoms with van der Waals surface area (Å²) in [6, 6.07) is 12.9. The highest BCUT2D eigenvalue weighted by Gasteiger charge is 2.51. The zero-order valence-corrected chi connectivity index (χ0v) is 29.5. The van der Waals surface area contributed by atoms with Crippen molar-refractivity contribution in [2.45, 2.75) is 77.8 Å². The van der Waals surface area contributed by atoms with Crippen LogP contribution in [0.3, 0.4) is 0 Å². The van der Waals surface area contributed by atoms with Crippen LogP contribution < -0.4 is 21.5 Å². The van der Waals surface area contributed by atoms with Crippen LogP contribution in [0.1, 0.15) is 55.4 Å². The molecule has 1 fully saturated rings. The van der Waals surface area contributed by atoms with Crippen LogP contribution in [0.5, 0.6) is 0 Å². The van der Waals surface area contributed by atoms with Gasteiger partial charge in [-0.15, -0.1) is 0 Å². The summed E-state index contributed by atoms with van der Waals surface area (Å²) in [7, 11) is -3.12. The first-order valence-electron chi connectivity index (χ1n) is 13.7. The molecule has 16 heteroatoms. The van der Waals surface area contributed by atoms with Crippen LogP contribution >= 0.6 is 15.2 Å². The van der Waals surface area contributed by atoms with Gasteiger partial charge in [-0.3, -0.25) is 9.13 Å². The Morgan fingerprint density at radius 2 is 0.955 bits per heavy atom. The minimum absolute atomic E-state index is 0.317. The normalized spacial score (nSPS) is 16.4. The summed E-state index contributed by atoms with van der Waals surface area (Å²) in [5.41, 5.74) is -1.59. The molecule has 1 aliphatic heterocycles. The summed E-state index contributed by atoms with van der Waals surface area (Å²) >= 11 is 0. The lowest BCUT2D eigenvalue weighted by Crippen LogP contribution is -2.44. The second kappa shape index (κ2) is 15.5. The number of aliphatic hydroxyl groups is 2. The highest BCUT2D eigenvalue weighted by Crippen LogP contribution is 2.45. The molecule has 0 amide bonds. The molecule has 12 nitrogen and oxygen atoms in total. The Hall–Kier alpha value is -1.37. The molecule has 1 heterocycles. The van der Waals surface area contributed by atoms with Crippen LogP contribution in [0.4, 0.5) is 0 Å². The van der Waals surface area contributed by atoms with Gasteiger partial charge in [-0.1, -0.05) is 24.3 Å². The molecule has 2 aromatic carbocycles. The maximum Gasteiger partial charge on any atom is 0.494 e. The summed E-state index contributed by atoms with van der Waals surface area (Å²) in [6.45, 7) is 14.3. The molecule has 0 bridgehead atoms. The number of hydrogen-bond acceptors (Lipinski definition) is 12. The summed E-state index contributed by atoms with van der Waals surface area (Å²) in [6.07, 6.45) is 0. The van der Waals surface area contributed by atoms with Gasteiger partial charge in [-0.2, -0.15) is 0 Å². The average molecular weight is 660 g/mol. The van der Waals surface area contributed by atoms with E-state index in [1.807, 2.05) is 39.8 Å². The summed E-state index contributed by atoms with van der Waals surface area (Å²) in [5, 5.41) is 36.8. The molecule has 0 unspecified atom stereocenters. The van der Waals surface area contributed by atoms with Crippen molar-refractivity contribution in [1.29, 1.82) is 0 Å². The summed E-state index contributed by atoms with van der Waals surface area (Å²) in [4.78, 5) is 0. The molecular weight excluding hydrogens is 612 g/mol. The third kappa shape index (κ3) is 10.3. The standard InChI is InChI=1S/C14H22BO5P.C8H12BO5P.C6H14O2/c1-13(2)14(3,4)20-15(19-13)11-7-9-12(10-8-11)21(16,17-5)18-6;1-13-15(12,14-2)8-5-3-7(4-6-8)9(10)11;1-5(2,7)6(3,4)8/h7-10H,1-6H3;3-6,10-11H,1-2H3;7-8H,1-4H3. The maximum atomic E-state index is 12.3. The Bertz CT molecular complexity index is 1230. The fraction of sp³-hybridized carbons (Fsp3) is 0.571. The van der Waals surface area contributed by atoms with Gasteiger partial charge in [0.2, 0.25) is 0 Å². The summed E-state index contributed by atoms with van der Waals surface area (Å²) < 4.78 is 55.6. The summed E-state index contributed by atoms with van der Waals surface area (Å²) in [5.74, 6) is 0. The van der Waals surface area contributed by atoms with E-state index in [0.717, 1.165) is 5.46 Å². The van der Waals surface area contributed by atoms with E-state index in [0.29, 0.717) is 16.1 Å². The zero-order chi connectivity index (χ0) is 34.4. The predicted molar refractivity (Wildman–Crippen MR) is 174 cm³/mol. The molecule has 0 aromatic heterocycles. The van der Waals surface area contributed by atoms with Crippen molar-refractivity contribution in [3.05, 3.63) is 48.5 Å². The minimum atomic E-state index is -3.25. The first kappa shape index (κ1) is 40.7. The molecule has 4 N–H and O–H groups in total. The maximum absolute atomic E-state index is 12.3. The van der Waals surface area contributed by atoms with Crippen molar-refractivity contribution < 1.29 is 56.8 Å². The van der Waals surface area contributed by atoms with E-state index >= 15 is 0 Å². The molecule has 0 atom stereocenters. The van der Waals surface area contributed by atoms with E-state index in [9.17, 15) is 9.13 Å². The van der Waals surface area contributed by atoms with Crippen LogP contribution in [-0.2, 0) is 36.5 Å². The van der Waals surface area contributed by atoms with Crippen LogP contribution in [-0.4, -0.2) is 85.3 Å². The quantitative estimate of drug-likeness (QED) is 0.229. The molecule has 0 radical (unpaired) electrons. The first-order valence-corrected chi connectivity index (χ1v) is 16.8. The fourth-order valence-electron chi connectivity index (χ4n) is 3.19. The molecule has 1 aliphatic rings. The lowest BCUT2D eigenvalue weighted by molar-refractivity contribution is -0.107. The van der Waals surface area contributed by atoms with E-state index in [4.69, 9.17) is 47.7 Å². The van der Waals surface area contributed by atoms with Gasteiger partial charge in [0.05, 0.1) is 33.0 Å². The van der Waals surface area contributed by atoms with Crippen LogP contribution in [0.25, 0.3) is 0 Å². The number of benzene rings is 2. The smallest absolute Gasteiger partial charge is 0.423 e. The Kier molecular flexibility index (Phi) is 14.3. The number of rotatable bonds is 9. The van der Waals surface area contributed by atoms with Crippen molar-refractivity contribution in [3.8, 4) is 0 Å². The molecule has 1 saturated heterocycles. The van der Waals surface area contributed by atoms with E-state index < -0.39 is 40.6 Å². The molecule has 0 saturated carbocycles. The number of hydrogen-bond donors (Lipinski definition) is 4. The van der Waals surface area contributed by atoms with Gasteiger partial charge >= 0.3 is 29.4 Å². The van der Waals surface area contributed by atoms with Gasteiger partial charge in [-0.25, -0.2) is 0 Å². The lowest BCUT2D eigenvalue weighted by Gasteiger charge is -2.32. The molecule has 3 rings (SSSR count). The Morgan fingerprint density at radius 1 is 0.659 bits per heavy atom. The van der Waals surface area contributed by atoms with Crippen molar-refractivity contribution in [2.75, 3.05) is 28.4 Å². The van der Waals surface area contributed by atoms with E-state index in [1.165, 1.54) is 52.7 Å². The van der Waals surface area contributed by atoms with Crippen molar-refractivity contribution in [3.63, 3.8) is 0 Å². The third-order valence-electron chi connectivity index (χ3n) is 7.70. The molecule has 2 aromatic rings. The molecule has 0 spiro atoms. The van der Waals surface area contributed by atoms with E-state index in [1.54, 1.807) is 39.8 Å². The highest BCUT2D eigenvalue weighted by atomic mass is 31.2. The lowest BCUT2D eigenvalue weighted by atomic mass is 9.79. The molecule has 248 valence electrons. The first-order chi connectivity index (χ1) is 19.9. The Morgan fingerprint density at radius 3 is 1.20 bits per heavy atom. The van der Waals surface area contributed by atoms with Crippen molar-refractivity contribution in [2.24, 2.45) is 0 Å². The minimum Gasteiger partial charge on any atom is -0.423 e. The molecule has 0 aliphatic carbocycles. The monoisotopic (exact) mass is 660 g/mol. The van der Waals surface area contributed by atoms with Gasteiger partial charge in [0.15, 0.2) is 0 Å². The van der Waals surface area contributed by atoms with Crippen LogP contribution in [0.15, 0.2) is 48.5 Å². The Labute approximate surface area is 262 Å². The molecule has 44 heavy (non-hydrogen) atoms. The van der Waals surface area contributed by atoms with Crippen LogP contribution in [0.2, 0.25) is 0 Å². The van der Waals surface area contributed by atoms with Crippen molar-refractivity contribution in [1.82, 2.24) is 0 Å².